The summed E-state index contributed by atoms with van der Waals surface area (Å²) in [6.45, 7) is 2.10. The normalized spacial score (nSPS) is 27.2. The van der Waals surface area contributed by atoms with Gasteiger partial charge in [0.1, 0.15) is 5.54 Å². The average molecular weight is 265 g/mol. The van der Waals surface area contributed by atoms with Gasteiger partial charge in [-0.1, -0.05) is 18.2 Å². The topological polar surface area (TPSA) is 52.3 Å². The summed E-state index contributed by atoms with van der Waals surface area (Å²) in [5.41, 5.74) is 6.60. The van der Waals surface area contributed by atoms with Crippen molar-refractivity contribution < 1.29 is 9.53 Å². The van der Waals surface area contributed by atoms with E-state index in [2.05, 4.69) is 19.1 Å². The van der Waals surface area contributed by atoms with Crippen molar-refractivity contribution in [2.24, 2.45) is 5.73 Å². The Kier molecular flexibility index (Phi) is 3.97. The van der Waals surface area contributed by atoms with Crippen molar-refractivity contribution >= 4 is 17.7 Å². The molecule has 0 radical (unpaired) electrons. The molecule has 0 saturated heterocycles. The molecular weight excluding hydrogens is 246 g/mol. The number of thioether (sulfide) groups is 1. The van der Waals surface area contributed by atoms with Gasteiger partial charge in [0, 0.05) is 10.1 Å². The molecule has 0 bridgehead atoms. The standard InChI is InChI=1S/C14H19NO2S/c1-10-5-3-4-6-12(10)18-11-7-8-14(15,9-11)13(16)17-2/h3-6,11H,7-9,15H2,1-2H3. The molecule has 98 valence electrons. The number of carbonyl (C=O) groups excluding carboxylic acids is 1. The van der Waals surface area contributed by atoms with E-state index in [4.69, 9.17) is 10.5 Å². The first-order chi connectivity index (χ1) is 8.55. The molecule has 2 N–H and O–H groups in total. The third-order valence-corrected chi connectivity index (χ3v) is 4.93. The van der Waals surface area contributed by atoms with Crippen molar-refractivity contribution in [3.8, 4) is 0 Å². The first kappa shape index (κ1) is 13.4. The molecule has 4 heteroatoms. The van der Waals surface area contributed by atoms with Gasteiger partial charge in [0.15, 0.2) is 0 Å². The zero-order valence-electron chi connectivity index (χ0n) is 10.8. The van der Waals surface area contributed by atoms with E-state index in [0.717, 1.165) is 6.42 Å². The maximum atomic E-state index is 11.6. The van der Waals surface area contributed by atoms with Crippen LogP contribution in [0.15, 0.2) is 29.2 Å². The molecule has 0 aromatic heterocycles. The Balaban J connectivity index is 2.02. The molecule has 2 atom stereocenters. The highest BCUT2D eigenvalue weighted by atomic mass is 32.2. The van der Waals surface area contributed by atoms with Gasteiger partial charge in [0.05, 0.1) is 7.11 Å². The number of ether oxygens (including phenoxy) is 1. The Morgan fingerprint density at radius 3 is 2.89 bits per heavy atom. The number of carbonyl (C=O) groups is 1. The fourth-order valence-corrected chi connectivity index (χ4v) is 3.77. The SMILES string of the molecule is COC(=O)C1(N)CCC(Sc2ccccc2C)C1. The number of hydrogen-bond donors (Lipinski definition) is 1. The molecule has 3 nitrogen and oxygen atoms in total. The van der Waals surface area contributed by atoms with Crippen molar-refractivity contribution in [2.45, 2.75) is 41.9 Å². The van der Waals surface area contributed by atoms with Crippen LogP contribution >= 0.6 is 11.8 Å². The summed E-state index contributed by atoms with van der Waals surface area (Å²) in [6.07, 6.45) is 2.37. The third-order valence-electron chi connectivity index (χ3n) is 3.48. The molecule has 2 rings (SSSR count). The number of benzene rings is 1. The Bertz CT molecular complexity index is 449. The van der Waals surface area contributed by atoms with Crippen LogP contribution in [0.2, 0.25) is 0 Å². The van der Waals surface area contributed by atoms with E-state index >= 15 is 0 Å². The fourth-order valence-electron chi connectivity index (χ4n) is 2.39. The van der Waals surface area contributed by atoms with Gasteiger partial charge in [-0.3, -0.25) is 4.79 Å². The largest absolute Gasteiger partial charge is 0.468 e. The summed E-state index contributed by atoms with van der Waals surface area (Å²) in [4.78, 5) is 12.9. The number of methoxy groups -OCH3 is 1. The maximum Gasteiger partial charge on any atom is 0.325 e. The van der Waals surface area contributed by atoms with E-state index in [0.29, 0.717) is 18.1 Å². The summed E-state index contributed by atoms with van der Waals surface area (Å²) >= 11 is 1.82. The van der Waals surface area contributed by atoms with Crippen LogP contribution in [-0.2, 0) is 9.53 Å². The molecule has 1 saturated carbocycles. The molecule has 0 heterocycles. The van der Waals surface area contributed by atoms with Crippen molar-refractivity contribution in [2.75, 3.05) is 7.11 Å². The maximum absolute atomic E-state index is 11.6. The Hall–Kier alpha value is -1.00. The predicted octanol–water partition coefficient (Wildman–Crippen LogP) is 2.51. The highest BCUT2D eigenvalue weighted by Crippen LogP contribution is 2.40. The molecule has 1 aromatic carbocycles. The first-order valence-corrected chi connectivity index (χ1v) is 7.03. The van der Waals surface area contributed by atoms with Gasteiger partial charge in [-0.05, 0) is 37.8 Å². The number of rotatable bonds is 3. The van der Waals surface area contributed by atoms with Crippen molar-refractivity contribution in [3.63, 3.8) is 0 Å². The van der Waals surface area contributed by atoms with Crippen molar-refractivity contribution in [3.05, 3.63) is 29.8 Å². The quantitative estimate of drug-likeness (QED) is 0.853. The van der Waals surface area contributed by atoms with Gasteiger partial charge >= 0.3 is 5.97 Å². The second-order valence-corrected chi connectivity index (χ2v) is 6.24. The lowest BCUT2D eigenvalue weighted by atomic mass is 10.00. The minimum Gasteiger partial charge on any atom is -0.468 e. The van der Waals surface area contributed by atoms with Crippen LogP contribution in [0.4, 0.5) is 0 Å². The van der Waals surface area contributed by atoms with E-state index in [1.165, 1.54) is 17.6 Å². The van der Waals surface area contributed by atoms with Gasteiger partial charge in [0.25, 0.3) is 0 Å². The highest BCUT2D eigenvalue weighted by molar-refractivity contribution is 8.00. The minimum absolute atomic E-state index is 0.282. The third kappa shape index (κ3) is 2.70. The van der Waals surface area contributed by atoms with E-state index in [9.17, 15) is 4.79 Å². The van der Waals surface area contributed by atoms with E-state index in [-0.39, 0.29) is 5.97 Å². The molecule has 1 aliphatic rings. The van der Waals surface area contributed by atoms with Crippen LogP contribution in [0.5, 0.6) is 0 Å². The van der Waals surface area contributed by atoms with Crippen molar-refractivity contribution in [1.29, 1.82) is 0 Å². The van der Waals surface area contributed by atoms with Crippen LogP contribution < -0.4 is 5.73 Å². The summed E-state index contributed by atoms with van der Waals surface area (Å²) in [5, 5.41) is 0.398. The van der Waals surface area contributed by atoms with E-state index in [1.54, 1.807) is 0 Å². The lowest BCUT2D eigenvalue weighted by Crippen LogP contribution is -2.46. The van der Waals surface area contributed by atoms with Gasteiger partial charge in [-0.2, -0.15) is 0 Å². The van der Waals surface area contributed by atoms with Crippen LogP contribution in [0, 0.1) is 6.92 Å². The van der Waals surface area contributed by atoms with Crippen LogP contribution in [-0.4, -0.2) is 23.9 Å². The lowest BCUT2D eigenvalue weighted by molar-refractivity contribution is -0.146. The molecule has 0 amide bonds. The summed E-state index contributed by atoms with van der Waals surface area (Å²) in [5.74, 6) is -0.282. The number of hydrogen-bond acceptors (Lipinski definition) is 4. The molecule has 0 aliphatic heterocycles. The molecular formula is C14H19NO2S. The van der Waals surface area contributed by atoms with Gasteiger partial charge in [-0.25, -0.2) is 0 Å². The van der Waals surface area contributed by atoms with E-state index in [1.807, 2.05) is 23.9 Å². The Morgan fingerprint density at radius 2 is 2.22 bits per heavy atom. The predicted molar refractivity (Wildman–Crippen MR) is 73.6 cm³/mol. The van der Waals surface area contributed by atoms with Gasteiger partial charge in [0.2, 0.25) is 0 Å². The number of aryl methyl sites for hydroxylation is 1. The lowest BCUT2D eigenvalue weighted by Gasteiger charge is -2.20. The first-order valence-electron chi connectivity index (χ1n) is 6.15. The molecule has 1 aliphatic carbocycles. The summed E-state index contributed by atoms with van der Waals surface area (Å²) in [6, 6.07) is 8.30. The smallest absolute Gasteiger partial charge is 0.325 e. The van der Waals surface area contributed by atoms with E-state index < -0.39 is 5.54 Å². The zero-order valence-corrected chi connectivity index (χ0v) is 11.6. The van der Waals surface area contributed by atoms with Crippen LogP contribution in [0.1, 0.15) is 24.8 Å². The molecule has 18 heavy (non-hydrogen) atoms. The number of esters is 1. The van der Waals surface area contributed by atoms with Gasteiger partial charge < -0.3 is 10.5 Å². The zero-order chi connectivity index (χ0) is 13.2. The molecule has 0 spiro atoms. The van der Waals surface area contributed by atoms with Crippen molar-refractivity contribution in [1.82, 2.24) is 0 Å². The monoisotopic (exact) mass is 265 g/mol. The Labute approximate surface area is 112 Å². The second-order valence-electron chi connectivity index (χ2n) is 4.90. The number of nitrogens with two attached hydrogens (primary N) is 1. The average Bonchev–Trinajstić information content (AvgIpc) is 2.74. The van der Waals surface area contributed by atoms with Crippen LogP contribution in [0.25, 0.3) is 0 Å². The summed E-state index contributed by atoms with van der Waals surface area (Å²) in [7, 11) is 1.40. The molecule has 2 unspecified atom stereocenters. The van der Waals surface area contributed by atoms with Gasteiger partial charge in [-0.15, -0.1) is 11.8 Å². The minimum atomic E-state index is -0.783. The molecule has 1 aromatic rings. The summed E-state index contributed by atoms with van der Waals surface area (Å²) < 4.78 is 4.79. The molecule has 1 fully saturated rings. The van der Waals surface area contributed by atoms with Crippen LogP contribution in [0.3, 0.4) is 0 Å². The highest BCUT2D eigenvalue weighted by Gasteiger charge is 2.43. The fraction of sp³-hybridized carbons (Fsp3) is 0.500. The second kappa shape index (κ2) is 5.33. The Morgan fingerprint density at radius 1 is 1.50 bits per heavy atom.